The Bertz CT molecular complexity index is 3060. The third kappa shape index (κ3) is 3.46. The number of fused-ring (bicyclic) bond motifs is 11. The van der Waals surface area contributed by atoms with E-state index in [1.165, 1.54) is 43.4 Å². The molecule has 0 fully saturated rings. The summed E-state index contributed by atoms with van der Waals surface area (Å²) in [7, 11) is 0. The van der Waals surface area contributed by atoms with Crippen LogP contribution in [0.25, 0.3) is 109 Å². The van der Waals surface area contributed by atoms with Gasteiger partial charge in [0.15, 0.2) is 0 Å². The van der Waals surface area contributed by atoms with Gasteiger partial charge in [0.25, 0.3) is 0 Å². The summed E-state index contributed by atoms with van der Waals surface area (Å²) in [6.45, 7) is 0. The molecule has 0 aliphatic heterocycles. The van der Waals surface area contributed by atoms with E-state index < -0.39 is 0 Å². The highest BCUT2D eigenvalue weighted by Crippen LogP contribution is 2.51. The fraction of sp³-hybridized carbons (Fsp3) is 0. The van der Waals surface area contributed by atoms with E-state index in [0.29, 0.717) is 0 Å². The predicted molar refractivity (Wildman–Crippen MR) is 202 cm³/mol. The van der Waals surface area contributed by atoms with Gasteiger partial charge < -0.3 is 8.83 Å². The molecule has 0 N–H and O–H groups in total. The van der Waals surface area contributed by atoms with Crippen molar-refractivity contribution in [2.75, 3.05) is 0 Å². The lowest BCUT2D eigenvalue weighted by atomic mass is 9.84. The lowest BCUT2D eigenvalue weighted by molar-refractivity contribution is 0.660. The molecule has 0 aliphatic rings. The summed E-state index contributed by atoms with van der Waals surface area (Å²) in [5, 5.41) is 13.9. The quantitative estimate of drug-likeness (QED) is 0.182. The van der Waals surface area contributed by atoms with E-state index in [2.05, 4.69) is 152 Å². The average molecular weight is 611 g/mol. The van der Waals surface area contributed by atoms with E-state index >= 15 is 0 Å². The van der Waals surface area contributed by atoms with Crippen molar-refractivity contribution in [1.82, 2.24) is 0 Å². The molecule has 9 aromatic carbocycles. The Balaban J connectivity index is 1.36. The highest BCUT2D eigenvalue weighted by Gasteiger charge is 2.26. The van der Waals surface area contributed by atoms with Crippen LogP contribution in [0, 0.1) is 0 Å². The molecule has 2 nitrogen and oxygen atoms in total. The van der Waals surface area contributed by atoms with Gasteiger partial charge in [-0.2, -0.15) is 0 Å². The Hall–Kier alpha value is -6.38. The largest absolute Gasteiger partial charge is 0.455 e. The molecule has 0 atom stereocenters. The Morgan fingerprint density at radius 3 is 1.56 bits per heavy atom. The molecule has 0 unspecified atom stereocenters. The monoisotopic (exact) mass is 610 g/mol. The first-order valence-corrected chi connectivity index (χ1v) is 16.4. The third-order valence-electron chi connectivity index (χ3n) is 10.2. The molecule has 0 saturated heterocycles. The fourth-order valence-electron chi connectivity index (χ4n) is 8.10. The number of furan rings is 2. The second-order valence-electron chi connectivity index (χ2n) is 12.8. The van der Waals surface area contributed by atoms with Crippen LogP contribution in [0.15, 0.2) is 167 Å². The summed E-state index contributed by atoms with van der Waals surface area (Å²) in [5.74, 6) is 0. The van der Waals surface area contributed by atoms with Crippen LogP contribution in [0.1, 0.15) is 0 Å². The van der Waals surface area contributed by atoms with E-state index in [1.54, 1.807) is 0 Å². The molecule has 11 aromatic rings. The lowest BCUT2D eigenvalue weighted by Crippen LogP contribution is -1.92. The maximum Gasteiger partial charge on any atom is 0.147 e. The Kier molecular flexibility index (Phi) is 5.14. The topological polar surface area (TPSA) is 26.3 Å². The van der Waals surface area contributed by atoms with Gasteiger partial charge in [-0.1, -0.05) is 133 Å². The maximum atomic E-state index is 7.06. The molecular formula is C46H26O2. The smallest absolute Gasteiger partial charge is 0.147 e. The summed E-state index contributed by atoms with van der Waals surface area (Å²) >= 11 is 0. The van der Waals surface area contributed by atoms with Gasteiger partial charge in [-0.25, -0.2) is 0 Å². The minimum Gasteiger partial charge on any atom is -0.455 e. The number of rotatable bonds is 2. The standard InChI is InChI=1S/C46H26O2/c1-2-13-29-25-30(22-21-27(29)11-1)41-33-16-5-7-18-35(33)42(36-19-8-6-17-34(36)41)43-45-38(32-15-9-10-20-40(32)47-45)26-39-37-24-23-28-12-3-4-14-31(28)44(37)48-46(39)43/h1-26H. The number of para-hydroxylation sites is 1. The van der Waals surface area contributed by atoms with Crippen molar-refractivity contribution >= 4 is 87.0 Å². The van der Waals surface area contributed by atoms with E-state index in [0.717, 1.165) is 65.8 Å². The van der Waals surface area contributed by atoms with Crippen LogP contribution in [-0.4, -0.2) is 0 Å². The van der Waals surface area contributed by atoms with Crippen LogP contribution in [0.3, 0.4) is 0 Å². The van der Waals surface area contributed by atoms with E-state index in [1.807, 2.05) is 6.07 Å². The molecule has 0 bridgehead atoms. The van der Waals surface area contributed by atoms with Crippen molar-refractivity contribution in [2.45, 2.75) is 0 Å². The van der Waals surface area contributed by atoms with Gasteiger partial charge in [-0.05, 0) is 73.1 Å². The molecule has 2 aromatic heterocycles. The Morgan fingerprint density at radius 2 is 0.812 bits per heavy atom. The Labute approximate surface area is 275 Å². The number of hydrogen-bond acceptors (Lipinski definition) is 2. The fourth-order valence-corrected chi connectivity index (χ4v) is 8.10. The van der Waals surface area contributed by atoms with Crippen molar-refractivity contribution in [3.8, 4) is 22.3 Å². The van der Waals surface area contributed by atoms with E-state index in [4.69, 9.17) is 8.83 Å². The normalized spacial score (nSPS) is 12.2. The summed E-state index contributed by atoms with van der Waals surface area (Å²) in [6.07, 6.45) is 0. The highest BCUT2D eigenvalue weighted by atomic mass is 16.3. The maximum absolute atomic E-state index is 7.06. The summed E-state index contributed by atoms with van der Waals surface area (Å²) in [6, 6.07) is 56.5. The van der Waals surface area contributed by atoms with Crippen LogP contribution in [0.2, 0.25) is 0 Å². The van der Waals surface area contributed by atoms with Gasteiger partial charge in [0.1, 0.15) is 22.3 Å². The Morgan fingerprint density at radius 1 is 0.271 bits per heavy atom. The van der Waals surface area contributed by atoms with E-state index in [-0.39, 0.29) is 0 Å². The molecule has 0 amide bonds. The summed E-state index contributed by atoms with van der Waals surface area (Å²) < 4.78 is 13.9. The van der Waals surface area contributed by atoms with Crippen molar-refractivity contribution < 1.29 is 8.83 Å². The highest BCUT2D eigenvalue weighted by molar-refractivity contribution is 6.30. The summed E-state index contributed by atoms with van der Waals surface area (Å²) in [5.41, 5.74) is 8.04. The van der Waals surface area contributed by atoms with Gasteiger partial charge in [0.05, 0.1) is 5.56 Å². The molecular weight excluding hydrogens is 585 g/mol. The molecule has 0 spiro atoms. The van der Waals surface area contributed by atoms with Crippen LogP contribution in [-0.2, 0) is 0 Å². The zero-order valence-corrected chi connectivity index (χ0v) is 25.8. The van der Waals surface area contributed by atoms with Crippen molar-refractivity contribution in [2.24, 2.45) is 0 Å². The minimum atomic E-state index is 0.848. The number of hydrogen-bond donors (Lipinski definition) is 0. The molecule has 0 saturated carbocycles. The van der Waals surface area contributed by atoms with Crippen LogP contribution >= 0.6 is 0 Å². The molecule has 48 heavy (non-hydrogen) atoms. The minimum absolute atomic E-state index is 0.848. The molecule has 0 aliphatic carbocycles. The van der Waals surface area contributed by atoms with Gasteiger partial charge in [-0.3, -0.25) is 0 Å². The van der Waals surface area contributed by atoms with E-state index in [9.17, 15) is 0 Å². The second-order valence-corrected chi connectivity index (χ2v) is 12.8. The molecule has 11 rings (SSSR count). The second kappa shape index (κ2) is 9.57. The van der Waals surface area contributed by atoms with Crippen LogP contribution in [0.5, 0.6) is 0 Å². The van der Waals surface area contributed by atoms with Gasteiger partial charge in [0, 0.05) is 32.5 Å². The third-order valence-corrected chi connectivity index (χ3v) is 10.2. The molecule has 222 valence electrons. The van der Waals surface area contributed by atoms with Gasteiger partial charge in [0.2, 0.25) is 0 Å². The average Bonchev–Trinajstić information content (AvgIpc) is 3.71. The van der Waals surface area contributed by atoms with Crippen molar-refractivity contribution in [3.05, 3.63) is 158 Å². The van der Waals surface area contributed by atoms with Crippen molar-refractivity contribution in [3.63, 3.8) is 0 Å². The molecule has 2 heteroatoms. The van der Waals surface area contributed by atoms with Crippen molar-refractivity contribution in [1.29, 1.82) is 0 Å². The molecule has 0 radical (unpaired) electrons. The predicted octanol–water partition coefficient (Wildman–Crippen LogP) is 13.4. The van der Waals surface area contributed by atoms with Crippen LogP contribution < -0.4 is 0 Å². The zero-order chi connectivity index (χ0) is 31.3. The zero-order valence-electron chi connectivity index (χ0n) is 25.8. The SMILES string of the molecule is c1ccc2cc(-c3c4ccccc4c(-c4c5oc6ccccc6c5cc5c4oc4c6ccccc6ccc54)c4ccccc34)ccc2c1. The lowest BCUT2D eigenvalue weighted by Gasteiger charge is -2.18. The van der Waals surface area contributed by atoms with Gasteiger partial charge in [-0.15, -0.1) is 0 Å². The molecule has 2 heterocycles. The first-order chi connectivity index (χ1) is 23.8. The first kappa shape index (κ1) is 25.8. The number of benzene rings is 9. The summed E-state index contributed by atoms with van der Waals surface area (Å²) in [4.78, 5) is 0. The van der Waals surface area contributed by atoms with Crippen LogP contribution in [0.4, 0.5) is 0 Å². The van der Waals surface area contributed by atoms with Gasteiger partial charge >= 0.3 is 0 Å². The first-order valence-electron chi connectivity index (χ1n) is 16.4.